The Labute approximate surface area is 145 Å². The van der Waals surface area contributed by atoms with Crippen molar-refractivity contribution in [3.63, 3.8) is 0 Å². The molecule has 128 valence electrons. The molecule has 0 aliphatic carbocycles. The molecule has 7 heteroatoms. The fourth-order valence-corrected chi connectivity index (χ4v) is 3.23. The summed E-state index contributed by atoms with van der Waals surface area (Å²) in [7, 11) is 1.72. The molecule has 1 aliphatic heterocycles. The average molecular weight is 336 g/mol. The van der Waals surface area contributed by atoms with Gasteiger partial charge >= 0.3 is 0 Å². The number of fused-ring (bicyclic) bond motifs is 1. The van der Waals surface area contributed by atoms with Gasteiger partial charge in [-0.05, 0) is 29.8 Å². The van der Waals surface area contributed by atoms with Crippen molar-refractivity contribution in [3.05, 3.63) is 58.9 Å². The molecule has 1 aromatic carbocycles. The van der Waals surface area contributed by atoms with E-state index >= 15 is 0 Å². The molecular formula is C18H20N6O. The Balaban J connectivity index is 1.46. The highest BCUT2D eigenvalue weighted by Crippen LogP contribution is 2.20. The molecule has 1 fully saturated rings. The number of nitrogens with zero attached hydrogens (tertiary/aromatic N) is 6. The standard InChI is InChI=1S/C18H20N6O/c1-22-13-19-17-10-15(2-3-16(17)18(22)25)24-8-6-23(7-9-24)12-14-4-5-20-21-11-14/h2-5,10-11,13H,6-9,12H2,1H3. The number of aromatic nitrogens is 4. The first-order valence-electron chi connectivity index (χ1n) is 8.39. The first-order valence-corrected chi connectivity index (χ1v) is 8.39. The van der Waals surface area contributed by atoms with Crippen molar-refractivity contribution in [1.29, 1.82) is 0 Å². The molecule has 0 radical (unpaired) electrons. The summed E-state index contributed by atoms with van der Waals surface area (Å²) in [4.78, 5) is 21.3. The van der Waals surface area contributed by atoms with E-state index in [1.54, 1.807) is 19.6 Å². The molecule has 7 nitrogen and oxygen atoms in total. The summed E-state index contributed by atoms with van der Waals surface area (Å²) >= 11 is 0. The number of hydrogen-bond donors (Lipinski definition) is 0. The van der Waals surface area contributed by atoms with Gasteiger partial charge in [0.25, 0.3) is 5.56 Å². The molecule has 0 bridgehead atoms. The maximum absolute atomic E-state index is 12.1. The van der Waals surface area contributed by atoms with E-state index in [9.17, 15) is 4.79 Å². The molecule has 25 heavy (non-hydrogen) atoms. The van der Waals surface area contributed by atoms with Crippen LogP contribution in [0.4, 0.5) is 5.69 Å². The van der Waals surface area contributed by atoms with Gasteiger partial charge in [0.1, 0.15) is 0 Å². The summed E-state index contributed by atoms with van der Waals surface area (Å²) in [5, 5.41) is 8.42. The van der Waals surface area contributed by atoms with Crippen LogP contribution in [0.3, 0.4) is 0 Å². The minimum absolute atomic E-state index is 0.00710. The van der Waals surface area contributed by atoms with E-state index in [1.807, 2.05) is 30.5 Å². The largest absolute Gasteiger partial charge is 0.369 e. The molecule has 0 unspecified atom stereocenters. The van der Waals surface area contributed by atoms with Gasteiger partial charge in [-0.1, -0.05) is 0 Å². The summed E-state index contributed by atoms with van der Waals surface area (Å²) in [5.74, 6) is 0. The SMILES string of the molecule is Cn1cnc2cc(N3CCN(Cc4ccnnc4)CC3)ccc2c1=O. The predicted octanol–water partition coefficient (Wildman–Crippen LogP) is 1.05. The van der Waals surface area contributed by atoms with E-state index in [2.05, 4.69) is 25.0 Å². The van der Waals surface area contributed by atoms with Crippen molar-refractivity contribution in [2.45, 2.75) is 6.54 Å². The number of aryl methyl sites for hydroxylation is 1. The smallest absolute Gasteiger partial charge is 0.260 e. The Morgan fingerprint density at radius 1 is 1.08 bits per heavy atom. The second-order valence-corrected chi connectivity index (χ2v) is 6.38. The van der Waals surface area contributed by atoms with Crippen LogP contribution in [-0.2, 0) is 13.6 Å². The summed E-state index contributed by atoms with van der Waals surface area (Å²) in [5.41, 5.74) is 3.06. The van der Waals surface area contributed by atoms with Crippen LogP contribution in [0.5, 0.6) is 0 Å². The lowest BCUT2D eigenvalue weighted by Crippen LogP contribution is -2.46. The first-order chi connectivity index (χ1) is 12.2. The van der Waals surface area contributed by atoms with Gasteiger partial charge in [0.05, 0.1) is 23.4 Å². The number of hydrogen-bond acceptors (Lipinski definition) is 6. The van der Waals surface area contributed by atoms with Crippen LogP contribution in [0.15, 0.2) is 47.8 Å². The highest BCUT2D eigenvalue weighted by atomic mass is 16.1. The van der Waals surface area contributed by atoms with E-state index in [0.29, 0.717) is 5.39 Å². The second kappa shape index (κ2) is 6.60. The molecule has 3 aromatic rings. The van der Waals surface area contributed by atoms with Crippen LogP contribution in [0.2, 0.25) is 0 Å². The molecule has 1 aliphatic rings. The summed E-state index contributed by atoms with van der Waals surface area (Å²) in [6.07, 6.45) is 5.13. The van der Waals surface area contributed by atoms with Gasteiger partial charge in [-0.15, -0.1) is 0 Å². The summed E-state index contributed by atoms with van der Waals surface area (Å²) in [6.45, 7) is 4.79. The zero-order valence-electron chi connectivity index (χ0n) is 14.2. The Morgan fingerprint density at radius 3 is 2.68 bits per heavy atom. The topological polar surface area (TPSA) is 67.2 Å². The molecule has 0 spiro atoms. The van der Waals surface area contributed by atoms with Crippen LogP contribution in [0.1, 0.15) is 5.56 Å². The van der Waals surface area contributed by atoms with Crippen LogP contribution >= 0.6 is 0 Å². The average Bonchev–Trinajstić information content (AvgIpc) is 2.66. The maximum atomic E-state index is 12.1. The predicted molar refractivity (Wildman–Crippen MR) is 96.5 cm³/mol. The molecule has 3 heterocycles. The van der Waals surface area contributed by atoms with Gasteiger partial charge in [-0.25, -0.2) is 4.98 Å². The van der Waals surface area contributed by atoms with Gasteiger partial charge in [0.15, 0.2) is 0 Å². The highest BCUT2D eigenvalue weighted by molar-refractivity contribution is 5.81. The fraction of sp³-hybridized carbons (Fsp3) is 0.333. The van der Waals surface area contributed by atoms with E-state index in [4.69, 9.17) is 0 Å². The Bertz CT molecular complexity index is 931. The van der Waals surface area contributed by atoms with E-state index < -0.39 is 0 Å². The molecular weight excluding hydrogens is 316 g/mol. The van der Waals surface area contributed by atoms with Crippen LogP contribution in [0, 0.1) is 0 Å². The van der Waals surface area contributed by atoms with Gasteiger partial charge in [0, 0.05) is 51.7 Å². The maximum Gasteiger partial charge on any atom is 0.260 e. The number of anilines is 1. The number of benzene rings is 1. The lowest BCUT2D eigenvalue weighted by atomic mass is 10.2. The van der Waals surface area contributed by atoms with Gasteiger partial charge in [0.2, 0.25) is 0 Å². The fourth-order valence-electron chi connectivity index (χ4n) is 3.23. The third-order valence-electron chi connectivity index (χ3n) is 4.69. The summed E-state index contributed by atoms with van der Waals surface area (Å²) in [6, 6.07) is 7.93. The minimum atomic E-state index is -0.00710. The third-order valence-corrected chi connectivity index (χ3v) is 4.69. The van der Waals surface area contributed by atoms with Crippen molar-refractivity contribution < 1.29 is 0 Å². The molecule has 4 rings (SSSR count). The molecule has 1 saturated heterocycles. The van der Waals surface area contributed by atoms with Crippen LogP contribution in [0.25, 0.3) is 10.9 Å². The summed E-state index contributed by atoms with van der Waals surface area (Å²) < 4.78 is 1.51. The normalized spacial score (nSPS) is 15.6. The first kappa shape index (κ1) is 15.7. The highest BCUT2D eigenvalue weighted by Gasteiger charge is 2.18. The van der Waals surface area contributed by atoms with Crippen molar-refractivity contribution >= 4 is 16.6 Å². The van der Waals surface area contributed by atoms with Gasteiger partial charge in [-0.2, -0.15) is 10.2 Å². The zero-order chi connectivity index (χ0) is 17.2. The van der Waals surface area contributed by atoms with Crippen molar-refractivity contribution in [2.75, 3.05) is 31.1 Å². The lowest BCUT2D eigenvalue weighted by molar-refractivity contribution is 0.249. The molecule has 0 amide bonds. The van der Waals surface area contributed by atoms with E-state index in [1.165, 1.54) is 10.1 Å². The number of piperazine rings is 1. The zero-order valence-corrected chi connectivity index (χ0v) is 14.2. The Morgan fingerprint density at radius 2 is 1.92 bits per heavy atom. The molecule has 0 N–H and O–H groups in total. The molecule has 0 saturated carbocycles. The monoisotopic (exact) mass is 336 g/mol. The second-order valence-electron chi connectivity index (χ2n) is 6.38. The third kappa shape index (κ3) is 3.23. The van der Waals surface area contributed by atoms with Gasteiger partial charge < -0.3 is 9.47 Å². The molecule has 2 aromatic heterocycles. The van der Waals surface area contributed by atoms with Crippen molar-refractivity contribution in [1.82, 2.24) is 24.6 Å². The van der Waals surface area contributed by atoms with E-state index in [-0.39, 0.29) is 5.56 Å². The lowest BCUT2D eigenvalue weighted by Gasteiger charge is -2.36. The van der Waals surface area contributed by atoms with Crippen LogP contribution in [-0.4, -0.2) is 50.8 Å². The van der Waals surface area contributed by atoms with E-state index in [0.717, 1.165) is 43.9 Å². The Hall–Kier alpha value is -2.80. The number of rotatable bonds is 3. The van der Waals surface area contributed by atoms with Crippen LogP contribution < -0.4 is 10.5 Å². The Kier molecular flexibility index (Phi) is 4.15. The van der Waals surface area contributed by atoms with Crippen molar-refractivity contribution in [2.24, 2.45) is 7.05 Å². The van der Waals surface area contributed by atoms with Gasteiger partial charge in [-0.3, -0.25) is 9.69 Å². The molecule has 0 atom stereocenters. The quantitative estimate of drug-likeness (QED) is 0.712. The minimum Gasteiger partial charge on any atom is -0.369 e. The van der Waals surface area contributed by atoms with Crippen molar-refractivity contribution in [3.8, 4) is 0 Å².